The summed E-state index contributed by atoms with van der Waals surface area (Å²) >= 11 is 1.25. The molecule has 82 valence electrons. The molecule has 0 saturated carbocycles. The van der Waals surface area contributed by atoms with Gasteiger partial charge in [-0.1, -0.05) is 32.9 Å². The first-order valence-corrected chi connectivity index (χ1v) is 7.76. The molecule has 1 aliphatic rings. The molecule has 0 unspecified atom stereocenters. The predicted octanol–water partition coefficient (Wildman–Crippen LogP) is 2.04. The van der Waals surface area contributed by atoms with Crippen LogP contribution in [0, 0.1) is 0 Å². The van der Waals surface area contributed by atoms with E-state index in [9.17, 15) is 4.79 Å². The lowest BCUT2D eigenvalue weighted by molar-refractivity contribution is 0.0702. The van der Waals surface area contributed by atoms with Crippen LogP contribution in [-0.2, 0) is 0 Å². The van der Waals surface area contributed by atoms with Gasteiger partial charge < -0.3 is 10.0 Å². The van der Waals surface area contributed by atoms with E-state index in [1.165, 1.54) is 17.5 Å². The molecule has 1 aromatic rings. The van der Waals surface area contributed by atoms with Crippen molar-refractivity contribution in [2.45, 2.75) is 0 Å². The molecule has 1 aromatic heterocycles. The molecule has 0 aromatic carbocycles. The SMILES string of the molecule is O=C(O)c1cnc(N2CCSSCC2)s1. The molecule has 1 aliphatic heterocycles. The Morgan fingerprint density at radius 2 is 2.07 bits per heavy atom. The molecule has 0 atom stereocenters. The Hall–Kier alpha value is -0.400. The Morgan fingerprint density at radius 1 is 1.40 bits per heavy atom. The van der Waals surface area contributed by atoms with Gasteiger partial charge in [0.2, 0.25) is 0 Å². The van der Waals surface area contributed by atoms with Crippen LogP contribution in [0.15, 0.2) is 6.20 Å². The van der Waals surface area contributed by atoms with Gasteiger partial charge in [-0.25, -0.2) is 9.78 Å². The minimum Gasteiger partial charge on any atom is -0.477 e. The van der Waals surface area contributed by atoms with E-state index in [0.717, 1.165) is 29.7 Å². The highest BCUT2D eigenvalue weighted by Crippen LogP contribution is 2.28. The molecule has 0 spiro atoms. The number of aromatic carboxylic acids is 1. The molecule has 0 aliphatic carbocycles. The maximum absolute atomic E-state index is 10.7. The van der Waals surface area contributed by atoms with Gasteiger partial charge in [-0.2, -0.15) is 0 Å². The average Bonchev–Trinajstić information content (AvgIpc) is 2.55. The molecule has 1 saturated heterocycles. The zero-order valence-corrected chi connectivity index (χ0v) is 10.3. The maximum atomic E-state index is 10.7. The smallest absolute Gasteiger partial charge is 0.347 e. The molecule has 7 heteroatoms. The normalized spacial score (nSPS) is 17.5. The van der Waals surface area contributed by atoms with Crippen molar-refractivity contribution in [2.24, 2.45) is 0 Å². The van der Waals surface area contributed by atoms with E-state index in [1.54, 1.807) is 0 Å². The molecular formula is C8H10N2O2S3. The van der Waals surface area contributed by atoms with Crippen molar-refractivity contribution >= 4 is 44.0 Å². The van der Waals surface area contributed by atoms with Crippen LogP contribution in [0.5, 0.6) is 0 Å². The highest BCUT2D eigenvalue weighted by atomic mass is 33.1. The highest BCUT2D eigenvalue weighted by Gasteiger charge is 2.15. The Bertz CT molecular complexity index is 347. The maximum Gasteiger partial charge on any atom is 0.347 e. The van der Waals surface area contributed by atoms with Crippen LogP contribution in [0.3, 0.4) is 0 Å². The lowest BCUT2D eigenvalue weighted by atomic mass is 10.5. The third-order valence-electron chi connectivity index (χ3n) is 1.95. The van der Waals surface area contributed by atoms with Crippen LogP contribution in [0.4, 0.5) is 5.13 Å². The number of hydrogen-bond acceptors (Lipinski definition) is 6. The van der Waals surface area contributed by atoms with Crippen molar-refractivity contribution in [2.75, 3.05) is 29.5 Å². The summed E-state index contributed by atoms with van der Waals surface area (Å²) < 4.78 is 0. The topological polar surface area (TPSA) is 53.4 Å². The molecule has 15 heavy (non-hydrogen) atoms. The van der Waals surface area contributed by atoms with Crippen LogP contribution in [0.2, 0.25) is 0 Å². The van der Waals surface area contributed by atoms with Crippen LogP contribution < -0.4 is 4.90 Å². The Balaban J connectivity index is 2.10. The van der Waals surface area contributed by atoms with Crippen molar-refractivity contribution in [1.82, 2.24) is 4.98 Å². The van der Waals surface area contributed by atoms with Crippen molar-refractivity contribution in [3.05, 3.63) is 11.1 Å². The Morgan fingerprint density at radius 3 is 2.60 bits per heavy atom. The minimum absolute atomic E-state index is 0.314. The first-order valence-electron chi connectivity index (χ1n) is 4.46. The number of hydrogen-bond donors (Lipinski definition) is 1. The molecule has 1 N–H and O–H groups in total. The van der Waals surface area contributed by atoms with Gasteiger partial charge in [0.25, 0.3) is 0 Å². The van der Waals surface area contributed by atoms with E-state index in [0.29, 0.717) is 4.88 Å². The predicted molar refractivity (Wildman–Crippen MR) is 66.2 cm³/mol. The van der Waals surface area contributed by atoms with Gasteiger partial charge in [0.05, 0.1) is 6.20 Å². The molecule has 1 fully saturated rings. The van der Waals surface area contributed by atoms with E-state index in [-0.39, 0.29) is 0 Å². The lowest BCUT2D eigenvalue weighted by Crippen LogP contribution is -2.26. The van der Waals surface area contributed by atoms with Gasteiger partial charge >= 0.3 is 5.97 Å². The van der Waals surface area contributed by atoms with Gasteiger partial charge in [0, 0.05) is 24.6 Å². The van der Waals surface area contributed by atoms with Crippen LogP contribution in [-0.4, -0.2) is 40.7 Å². The number of anilines is 1. The van der Waals surface area contributed by atoms with Gasteiger partial charge in [-0.15, -0.1) is 0 Å². The average molecular weight is 262 g/mol. The summed E-state index contributed by atoms with van der Waals surface area (Å²) in [5.41, 5.74) is 0. The monoisotopic (exact) mass is 262 g/mol. The van der Waals surface area contributed by atoms with Crippen molar-refractivity contribution < 1.29 is 9.90 Å². The lowest BCUT2D eigenvalue weighted by Gasteiger charge is -2.17. The van der Waals surface area contributed by atoms with E-state index < -0.39 is 5.97 Å². The standard InChI is InChI=1S/C8H10N2O2S3/c11-7(12)6-5-9-8(15-6)10-1-3-13-14-4-2-10/h5H,1-4H2,(H,11,12). The Labute approximate surface area is 99.5 Å². The fourth-order valence-electron chi connectivity index (χ4n) is 1.23. The summed E-state index contributed by atoms with van der Waals surface area (Å²) in [6.07, 6.45) is 1.44. The zero-order valence-electron chi connectivity index (χ0n) is 7.88. The zero-order chi connectivity index (χ0) is 10.7. The number of thiazole rings is 1. The number of carboxylic acid groups (broad SMARTS) is 1. The second-order valence-electron chi connectivity index (χ2n) is 2.94. The summed E-state index contributed by atoms with van der Waals surface area (Å²) in [6, 6.07) is 0. The summed E-state index contributed by atoms with van der Waals surface area (Å²) in [5.74, 6) is 1.23. The number of carbonyl (C=O) groups is 1. The fraction of sp³-hybridized carbons (Fsp3) is 0.500. The fourth-order valence-corrected chi connectivity index (χ4v) is 4.01. The van der Waals surface area contributed by atoms with Gasteiger partial charge in [-0.3, -0.25) is 0 Å². The van der Waals surface area contributed by atoms with E-state index >= 15 is 0 Å². The number of rotatable bonds is 2. The second kappa shape index (κ2) is 5.09. The van der Waals surface area contributed by atoms with Crippen molar-refractivity contribution in [3.8, 4) is 0 Å². The summed E-state index contributed by atoms with van der Waals surface area (Å²) in [6.45, 7) is 1.90. The third-order valence-corrected chi connectivity index (χ3v) is 5.36. The Kier molecular flexibility index (Phi) is 3.76. The molecule has 0 bridgehead atoms. The van der Waals surface area contributed by atoms with Gasteiger partial charge in [0.15, 0.2) is 5.13 Å². The van der Waals surface area contributed by atoms with E-state index in [2.05, 4.69) is 9.88 Å². The van der Waals surface area contributed by atoms with Gasteiger partial charge in [-0.05, 0) is 0 Å². The third kappa shape index (κ3) is 2.79. The number of nitrogens with zero attached hydrogens (tertiary/aromatic N) is 2. The van der Waals surface area contributed by atoms with E-state index in [1.807, 2.05) is 21.6 Å². The van der Waals surface area contributed by atoms with Crippen molar-refractivity contribution in [3.63, 3.8) is 0 Å². The number of carboxylic acids is 1. The number of aromatic nitrogens is 1. The minimum atomic E-state index is -0.891. The molecule has 2 rings (SSSR count). The van der Waals surface area contributed by atoms with Crippen LogP contribution >= 0.6 is 32.9 Å². The molecule has 0 radical (unpaired) electrons. The molecule has 0 amide bonds. The molecule has 2 heterocycles. The highest BCUT2D eigenvalue weighted by molar-refractivity contribution is 8.76. The van der Waals surface area contributed by atoms with Crippen molar-refractivity contribution in [1.29, 1.82) is 0 Å². The first-order chi connectivity index (χ1) is 7.27. The van der Waals surface area contributed by atoms with E-state index in [4.69, 9.17) is 5.11 Å². The summed E-state index contributed by atoms with van der Waals surface area (Å²) in [7, 11) is 3.73. The summed E-state index contributed by atoms with van der Waals surface area (Å²) in [4.78, 5) is 17.3. The van der Waals surface area contributed by atoms with Gasteiger partial charge in [0.1, 0.15) is 4.88 Å². The molecular weight excluding hydrogens is 252 g/mol. The quantitative estimate of drug-likeness (QED) is 0.823. The largest absolute Gasteiger partial charge is 0.477 e. The summed E-state index contributed by atoms with van der Waals surface area (Å²) in [5, 5.41) is 9.62. The first kappa shape index (κ1) is 11.1. The van der Waals surface area contributed by atoms with Crippen LogP contribution in [0.25, 0.3) is 0 Å². The molecule has 4 nitrogen and oxygen atoms in total. The van der Waals surface area contributed by atoms with Crippen LogP contribution in [0.1, 0.15) is 9.67 Å². The second-order valence-corrected chi connectivity index (χ2v) is 6.65.